The minimum absolute atomic E-state index is 0.185. The van der Waals surface area contributed by atoms with Gasteiger partial charge in [0.05, 0.1) is 12.2 Å². The molecule has 1 aromatic rings. The van der Waals surface area contributed by atoms with Crippen LogP contribution in [0.5, 0.6) is 5.75 Å². The van der Waals surface area contributed by atoms with Crippen molar-refractivity contribution >= 4 is 0 Å². The molecule has 0 heterocycles. The molecule has 0 fully saturated rings. The average molecular weight is 208 g/mol. The largest absolute Gasteiger partial charge is 0.490 e. The Balaban J connectivity index is 2.96. The molecule has 0 spiro atoms. The maximum absolute atomic E-state index is 9.60. The molecule has 0 saturated carbocycles. The van der Waals surface area contributed by atoms with E-state index in [0.29, 0.717) is 0 Å². The van der Waals surface area contributed by atoms with Crippen LogP contribution in [0.4, 0.5) is 0 Å². The summed E-state index contributed by atoms with van der Waals surface area (Å²) in [6, 6.07) is 5.90. The van der Waals surface area contributed by atoms with E-state index >= 15 is 0 Å². The number of aryl methyl sites for hydroxylation is 1. The van der Waals surface area contributed by atoms with Crippen molar-refractivity contribution in [1.29, 1.82) is 0 Å². The van der Waals surface area contributed by atoms with Crippen molar-refractivity contribution in [3.63, 3.8) is 0 Å². The first-order chi connectivity index (χ1) is 7.04. The monoisotopic (exact) mass is 208 g/mol. The van der Waals surface area contributed by atoms with Crippen LogP contribution in [0.3, 0.4) is 0 Å². The molecule has 84 valence electrons. The van der Waals surface area contributed by atoms with Crippen LogP contribution in [0.2, 0.25) is 0 Å². The molecule has 0 bridgehead atoms. The maximum Gasteiger partial charge on any atom is 0.125 e. The van der Waals surface area contributed by atoms with Gasteiger partial charge in [-0.05, 0) is 38.8 Å². The Morgan fingerprint density at radius 3 is 2.53 bits per heavy atom. The lowest BCUT2D eigenvalue weighted by atomic mass is 10.1. The van der Waals surface area contributed by atoms with Crippen molar-refractivity contribution in [2.45, 2.75) is 46.3 Å². The smallest absolute Gasteiger partial charge is 0.125 e. The van der Waals surface area contributed by atoms with Gasteiger partial charge in [0, 0.05) is 5.56 Å². The van der Waals surface area contributed by atoms with E-state index in [4.69, 9.17) is 4.74 Å². The zero-order chi connectivity index (χ0) is 11.4. The summed E-state index contributed by atoms with van der Waals surface area (Å²) in [5.74, 6) is 0.805. The van der Waals surface area contributed by atoms with E-state index in [-0.39, 0.29) is 6.10 Å². The highest BCUT2D eigenvalue weighted by Crippen LogP contribution is 2.27. The van der Waals surface area contributed by atoms with Crippen LogP contribution in [-0.4, -0.2) is 11.2 Å². The van der Waals surface area contributed by atoms with Gasteiger partial charge in [0.2, 0.25) is 0 Å². The Morgan fingerprint density at radius 1 is 1.33 bits per heavy atom. The van der Waals surface area contributed by atoms with E-state index in [1.807, 2.05) is 32.0 Å². The number of hydrogen-bond donors (Lipinski definition) is 1. The molecule has 0 radical (unpaired) electrons. The standard InChI is InChI=1S/C13H20O2/c1-5-10(3)15-13-8-9(2)6-7-12(13)11(4)14/h6-8,10-11,14H,5H2,1-4H3/t10?,11-/m0/s1. The SMILES string of the molecule is CCC(C)Oc1cc(C)ccc1[C@H](C)O. The second-order valence-corrected chi connectivity index (χ2v) is 4.05. The second kappa shape index (κ2) is 5.17. The summed E-state index contributed by atoms with van der Waals surface area (Å²) in [5.41, 5.74) is 2.01. The first-order valence-electron chi connectivity index (χ1n) is 5.49. The summed E-state index contributed by atoms with van der Waals surface area (Å²) in [4.78, 5) is 0. The van der Waals surface area contributed by atoms with Gasteiger partial charge in [-0.25, -0.2) is 0 Å². The molecule has 1 aromatic carbocycles. The van der Waals surface area contributed by atoms with Gasteiger partial charge in [-0.2, -0.15) is 0 Å². The van der Waals surface area contributed by atoms with Crippen molar-refractivity contribution in [3.8, 4) is 5.75 Å². The molecule has 0 aliphatic rings. The van der Waals surface area contributed by atoms with Gasteiger partial charge < -0.3 is 9.84 Å². The third-order valence-electron chi connectivity index (χ3n) is 2.52. The summed E-state index contributed by atoms with van der Waals surface area (Å²) in [5, 5.41) is 9.60. The summed E-state index contributed by atoms with van der Waals surface area (Å²) in [7, 11) is 0. The number of aliphatic hydroxyl groups excluding tert-OH is 1. The molecule has 2 atom stereocenters. The van der Waals surface area contributed by atoms with Gasteiger partial charge >= 0.3 is 0 Å². The van der Waals surface area contributed by atoms with E-state index in [1.54, 1.807) is 6.92 Å². The highest BCUT2D eigenvalue weighted by molar-refractivity contribution is 5.38. The molecular formula is C13H20O2. The predicted octanol–water partition coefficient (Wildman–Crippen LogP) is 3.23. The summed E-state index contributed by atoms with van der Waals surface area (Å²) in [6.45, 7) is 7.90. The number of ether oxygens (including phenoxy) is 1. The van der Waals surface area contributed by atoms with Crippen LogP contribution in [0, 0.1) is 6.92 Å². The number of hydrogen-bond acceptors (Lipinski definition) is 2. The van der Waals surface area contributed by atoms with E-state index in [1.165, 1.54) is 0 Å². The van der Waals surface area contributed by atoms with Crippen molar-refractivity contribution in [2.75, 3.05) is 0 Å². The van der Waals surface area contributed by atoms with E-state index < -0.39 is 6.10 Å². The Hall–Kier alpha value is -1.02. The van der Waals surface area contributed by atoms with Crippen molar-refractivity contribution in [1.82, 2.24) is 0 Å². The Labute approximate surface area is 91.9 Å². The van der Waals surface area contributed by atoms with Crippen LogP contribution in [0.1, 0.15) is 44.4 Å². The minimum atomic E-state index is -0.482. The fourth-order valence-electron chi connectivity index (χ4n) is 1.39. The molecule has 2 heteroatoms. The summed E-state index contributed by atoms with van der Waals surface area (Å²) >= 11 is 0. The van der Waals surface area contributed by atoms with Crippen LogP contribution < -0.4 is 4.74 Å². The van der Waals surface area contributed by atoms with Crippen LogP contribution >= 0.6 is 0 Å². The summed E-state index contributed by atoms with van der Waals surface area (Å²) < 4.78 is 5.78. The third kappa shape index (κ3) is 3.24. The molecule has 0 aliphatic carbocycles. The van der Waals surface area contributed by atoms with Crippen LogP contribution in [0.25, 0.3) is 0 Å². The molecule has 2 nitrogen and oxygen atoms in total. The quantitative estimate of drug-likeness (QED) is 0.823. The summed E-state index contributed by atoms with van der Waals surface area (Å²) in [6.07, 6.45) is 0.668. The first-order valence-corrected chi connectivity index (χ1v) is 5.49. The normalized spacial score (nSPS) is 14.7. The van der Waals surface area contributed by atoms with Gasteiger partial charge in [-0.15, -0.1) is 0 Å². The molecule has 0 amide bonds. The number of rotatable bonds is 4. The third-order valence-corrected chi connectivity index (χ3v) is 2.52. The Morgan fingerprint density at radius 2 is 2.00 bits per heavy atom. The zero-order valence-corrected chi connectivity index (χ0v) is 9.95. The molecule has 0 aromatic heterocycles. The van der Waals surface area contributed by atoms with Gasteiger partial charge in [-0.3, -0.25) is 0 Å². The molecule has 0 aliphatic heterocycles. The molecule has 15 heavy (non-hydrogen) atoms. The first kappa shape index (κ1) is 12.1. The highest BCUT2D eigenvalue weighted by Gasteiger charge is 2.11. The Bertz CT molecular complexity index is 318. The van der Waals surface area contributed by atoms with E-state index in [9.17, 15) is 5.11 Å². The van der Waals surface area contributed by atoms with Gasteiger partial charge in [0.25, 0.3) is 0 Å². The average Bonchev–Trinajstić information content (AvgIpc) is 2.17. The fourth-order valence-corrected chi connectivity index (χ4v) is 1.39. The number of aliphatic hydroxyl groups is 1. The predicted molar refractivity (Wildman–Crippen MR) is 62.2 cm³/mol. The molecular weight excluding hydrogens is 188 g/mol. The van der Waals surface area contributed by atoms with Gasteiger partial charge in [0.1, 0.15) is 5.75 Å². The minimum Gasteiger partial charge on any atom is -0.490 e. The maximum atomic E-state index is 9.60. The lowest BCUT2D eigenvalue weighted by Gasteiger charge is -2.18. The zero-order valence-electron chi connectivity index (χ0n) is 9.95. The Kier molecular flexibility index (Phi) is 4.15. The van der Waals surface area contributed by atoms with E-state index in [2.05, 4.69) is 6.92 Å². The fraction of sp³-hybridized carbons (Fsp3) is 0.538. The van der Waals surface area contributed by atoms with Crippen LogP contribution in [-0.2, 0) is 0 Å². The van der Waals surface area contributed by atoms with E-state index in [0.717, 1.165) is 23.3 Å². The van der Waals surface area contributed by atoms with Crippen molar-refractivity contribution in [2.24, 2.45) is 0 Å². The molecule has 0 saturated heterocycles. The topological polar surface area (TPSA) is 29.5 Å². The molecule has 1 N–H and O–H groups in total. The molecule has 1 unspecified atom stereocenters. The number of benzene rings is 1. The van der Waals surface area contributed by atoms with Crippen LogP contribution in [0.15, 0.2) is 18.2 Å². The molecule has 1 rings (SSSR count). The van der Waals surface area contributed by atoms with Crippen molar-refractivity contribution < 1.29 is 9.84 Å². The van der Waals surface area contributed by atoms with Gasteiger partial charge in [0.15, 0.2) is 0 Å². The second-order valence-electron chi connectivity index (χ2n) is 4.05. The van der Waals surface area contributed by atoms with Gasteiger partial charge in [-0.1, -0.05) is 19.1 Å². The highest BCUT2D eigenvalue weighted by atomic mass is 16.5. The lowest BCUT2D eigenvalue weighted by Crippen LogP contribution is -2.12. The van der Waals surface area contributed by atoms with Crippen molar-refractivity contribution in [3.05, 3.63) is 29.3 Å². The lowest BCUT2D eigenvalue weighted by molar-refractivity contribution is 0.176.